The summed E-state index contributed by atoms with van der Waals surface area (Å²) in [6.07, 6.45) is 1.18. The minimum atomic E-state index is -0.790. The highest BCUT2D eigenvalue weighted by Crippen LogP contribution is 2.32. The molecule has 0 spiro atoms. The van der Waals surface area contributed by atoms with Crippen LogP contribution >= 0.6 is 0 Å². The van der Waals surface area contributed by atoms with E-state index >= 15 is 0 Å². The number of non-ortho nitro benzene ring substituents is 1. The van der Waals surface area contributed by atoms with E-state index in [1.165, 1.54) is 42.5 Å². The molecule has 3 rings (SSSR count). The number of hydrogen-bond acceptors (Lipinski definition) is 7. The van der Waals surface area contributed by atoms with Gasteiger partial charge < -0.3 is 9.73 Å². The van der Waals surface area contributed by atoms with Gasteiger partial charge in [0, 0.05) is 30.0 Å². The standard InChI is InChI=1S/C21H14N4O6/c1-13-5-7-18(19(9-13)25(29)30)20-8-6-17(31-20)10-14(12-22)21(26)23-15-3-2-4-16(11-15)24(27)28/h2-11H,1H3,(H,23,26)/b14-10+. The molecule has 2 aromatic carbocycles. The van der Waals surface area contributed by atoms with Crippen molar-refractivity contribution in [3.8, 4) is 17.4 Å². The summed E-state index contributed by atoms with van der Waals surface area (Å²) >= 11 is 0. The van der Waals surface area contributed by atoms with E-state index in [0.29, 0.717) is 5.56 Å². The quantitative estimate of drug-likeness (QED) is 0.265. The van der Waals surface area contributed by atoms with E-state index < -0.39 is 15.8 Å². The van der Waals surface area contributed by atoms with Crippen molar-refractivity contribution in [3.63, 3.8) is 0 Å². The zero-order valence-corrected chi connectivity index (χ0v) is 16.1. The van der Waals surface area contributed by atoms with Gasteiger partial charge in [-0.1, -0.05) is 12.1 Å². The molecule has 10 nitrogen and oxygen atoms in total. The van der Waals surface area contributed by atoms with Gasteiger partial charge >= 0.3 is 0 Å². The first kappa shape index (κ1) is 20.9. The summed E-state index contributed by atoms with van der Waals surface area (Å²) in [4.78, 5) is 33.4. The molecule has 154 valence electrons. The third-order valence-electron chi connectivity index (χ3n) is 4.21. The Hall–Kier alpha value is -4.78. The number of rotatable bonds is 6. The van der Waals surface area contributed by atoms with E-state index in [-0.39, 0.29) is 39.7 Å². The van der Waals surface area contributed by atoms with Crippen molar-refractivity contribution >= 4 is 29.0 Å². The Bertz CT molecular complexity index is 1270. The minimum absolute atomic E-state index is 0.131. The third-order valence-corrected chi connectivity index (χ3v) is 4.21. The van der Waals surface area contributed by atoms with Gasteiger partial charge in [-0.05, 0) is 36.8 Å². The number of nitrogens with zero attached hydrogens (tertiary/aromatic N) is 3. The largest absolute Gasteiger partial charge is 0.456 e. The highest BCUT2D eigenvalue weighted by Gasteiger charge is 2.19. The Labute approximate surface area is 175 Å². The van der Waals surface area contributed by atoms with E-state index in [0.717, 1.165) is 6.07 Å². The van der Waals surface area contributed by atoms with Gasteiger partial charge in [-0.15, -0.1) is 0 Å². The summed E-state index contributed by atoms with van der Waals surface area (Å²) in [5, 5.41) is 33.9. The number of nitro groups is 2. The van der Waals surface area contributed by atoms with E-state index in [9.17, 15) is 30.3 Å². The minimum Gasteiger partial charge on any atom is -0.456 e. The summed E-state index contributed by atoms with van der Waals surface area (Å²) in [5.41, 5.74) is 0.465. The van der Waals surface area contributed by atoms with Crippen LogP contribution in [0.25, 0.3) is 17.4 Å². The Balaban J connectivity index is 1.86. The van der Waals surface area contributed by atoms with Crippen LogP contribution in [0.15, 0.2) is 64.6 Å². The predicted molar refractivity (Wildman–Crippen MR) is 111 cm³/mol. The highest BCUT2D eigenvalue weighted by molar-refractivity contribution is 6.09. The van der Waals surface area contributed by atoms with Crippen LogP contribution in [0.2, 0.25) is 0 Å². The molecule has 0 fully saturated rings. The summed E-state index contributed by atoms with van der Waals surface area (Å²) in [7, 11) is 0. The monoisotopic (exact) mass is 418 g/mol. The van der Waals surface area contributed by atoms with Crippen molar-refractivity contribution in [1.29, 1.82) is 5.26 Å². The van der Waals surface area contributed by atoms with E-state index in [4.69, 9.17) is 4.42 Å². The molecule has 0 atom stereocenters. The molecule has 0 bridgehead atoms. The van der Waals surface area contributed by atoms with Crippen LogP contribution in [0, 0.1) is 38.5 Å². The molecule has 0 unspecified atom stereocenters. The van der Waals surface area contributed by atoms with Gasteiger partial charge in [0.2, 0.25) is 0 Å². The van der Waals surface area contributed by atoms with Gasteiger partial charge in [0.15, 0.2) is 0 Å². The lowest BCUT2D eigenvalue weighted by Gasteiger charge is -2.04. The van der Waals surface area contributed by atoms with Crippen LogP contribution in [0.3, 0.4) is 0 Å². The maximum absolute atomic E-state index is 12.4. The molecule has 0 aliphatic rings. The molecule has 1 N–H and O–H groups in total. The van der Waals surface area contributed by atoms with Crippen LogP contribution in [0.1, 0.15) is 11.3 Å². The third kappa shape index (κ3) is 4.80. The summed E-state index contributed by atoms with van der Waals surface area (Å²) in [6.45, 7) is 1.73. The van der Waals surface area contributed by atoms with E-state index in [2.05, 4.69) is 5.32 Å². The number of aryl methyl sites for hydroxylation is 1. The lowest BCUT2D eigenvalue weighted by atomic mass is 10.1. The first-order valence-electron chi connectivity index (χ1n) is 8.81. The van der Waals surface area contributed by atoms with E-state index in [1.54, 1.807) is 25.1 Å². The Morgan fingerprint density at radius 2 is 1.87 bits per heavy atom. The molecular weight excluding hydrogens is 404 g/mol. The lowest BCUT2D eigenvalue weighted by molar-refractivity contribution is -0.384. The fourth-order valence-electron chi connectivity index (χ4n) is 2.76. The smallest absolute Gasteiger partial charge is 0.280 e. The van der Waals surface area contributed by atoms with Gasteiger partial charge in [0.05, 0.1) is 15.4 Å². The van der Waals surface area contributed by atoms with Crippen LogP contribution in [0.5, 0.6) is 0 Å². The van der Waals surface area contributed by atoms with Crippen LogP contribution in [-0.4, -0.2) is 15.8 Å². The topological polar surface area (TPSA) is 152 Å². The van der Waals surface area contributed by atoms with Crippen LogP contribution in [0.4, 0.5) is 17.1 Å². The second kappa shape index (κ2) is 8.71. The van der Waals surface area contributed by atoms with Gasteiger partial charge in [0.25, 0.3) is 17.3 Å². The maximum Gasteiger partial charge on any atom is 0.280 e. The molecule has 0 radical (unpaired) electrons. The zero-order chi connectivity index (χ0) is 22.5. The Morgan fingerprint density at radius 1 is 1.10 bits per heavy atom. The number of anilines is 1. The number of carbonyl (C=O) groups excluding carboxylic acids is 1. The second-order valence-corrected chi connectivity index (χ2v) is 6.41. The van der Waals surface area contributed by atoms with Crippen LogP contribution < -0.4 is 5.32 Å². The molecule has 0 saturated carbocycles. The molecular formula is C21H14N4O6. The summed E-state index contributed by atoms with van der Waals surface area (Å²) in [5.74, 6) is -0.452. The fraction of sp³-hybridized carbons (Fsp3) is 0.0476. The van der Waals surface area contributed by atoms with E-state index in [1.807, 2.05) is 0 Å². The average molecular weight is 418 g/mol. The van der Waals surface area contributed by atoms with Crippen molar-refractivity contribution in [1.82, 2.24) is 0 Å². The van der Waals surface area contributed by atoms with Crippen molar-refractivity contribution in [2.45, 2.75) is 6.92 Å². The number of carbonyl (C=O) groups is 1. The number of hydrogen-bond donors (Lipinski definition) is 1. The van der Waals surface area contributed by atoms with Gasteiger partial charge in [-0.3, -0.25) is 25.0 Å². The predicted octanol–water partition coefficient (Wildman–Crippen LogP) is 4.62. The van der Waals surface area contributed by atoms with Crippen molar-refractivity contribution < 1.29 is 19.1 Å². The number of nitrogens with one attached hydrogen (secondary N) is 1. The second-order valence-electron chi connectivity index (χ2n) is 6.41. The highest BCUT2D eigenvalue weighted by atomic mass is 16.6. The Morgan fingerprint density at radius 3 is 2.55 bits per heavy atom. The molecule has 0 aliphatic carbocycles. The molecule has 3 aromatic rings. The molecule has 1 aromatic heterocycles. The number of amides is 1. The van der Waals surface area contributed by atoms with Crippen molar-refractivity contribution in [2.24, 2.45) is 0 Å². The average Bonchev–Trinajstić information content (AvgIpc) is 3.20. The number of nitriles is 1. The fourth-order valence-corrected chi connectivity index (χ4v) is 2.76. The molecule has 0 aliphatic heterocycles. The van der Waals surface area contributed by atoms with Crippen molar-refractivity contribution in [2.75, 3.05) is 5.32 Å². The maximum atomic E-state index is 12.4. The number of benzene rings is 2. The first-order chi connectivity index (χ1) is 14.8. The molecule has 10 heteroatoms. The summed E-state index contributed by atoms with van der Waals surface area (Å²) < 4.78 is 5.58. The van der Waals surface area contributed by atoms with Gasteiger partial charge in [-0.25, -0.2) is 0 Å². The van der Waals surface area contributed by atoms with Crippen LogP contribution in [-0.2, 0) is 4.79 Å². The lowest BCUT2D eigenvalue weighted by Crippen LogP contribution is -2.13. The Kier molecular flexibility index (Phi) is 5.88. The SMILES string of the molecule is Cc1ccc(-c2ccc(/C=C(\C#N)C(=O)Nc3cccc([N+](=O)[O-])c3)o2)c([N+](=O)[O-])c1. The number of nitro benzene ring substituents is 2. The molecule has 1 heterocycles. The zero-order valence-electron chi connectivity index (χ0n) is 16.1. The molecule has 1 amide bonds. The van der Waals surface area contributed by atoms with Gasteiger partial charge in [-0.2, -0.15) is 5.26 Å². The normalized spacial score (nSPS) is 10.9. The van der Waals surface area contributed by atoms with Crippen molar-refractivity contribution in [3.05, 3.63) is 91.7 Å². The summed E-state index contributed by atoms with van der Waals surface area (Å²) in [6, 6.07) is 14.7. The number of furan rings is 1. The first-order valence-corrected chi connectivity index (χ1v) is 8.81. The molecule has 0 saturated heterocycles. The molecule has 31 heavy (non-hydrogen) atoms. The van der Waals surface area contributed by atoms with Gasteiger partial charge in [0.1, 0.15) is 23.2 Å².